The zero-order valence-electron chi connectivity index (χ0n) is 18.0. The topological polar surface area (TPSA) is 74.3 Å². The molecule has 0 spiro atoms. The van der Waals surface area contributed by atoms with Crippen LogP contribution in [0.25, 0.3) is 0 Å². The molecule has 6 nitrogen and oxygen atoms in total. The molecule has 162 valence electrons. The zero-order valence-corrected chi connectivity index (χ0v) is 19.6. The van der Waals surface area contributed by atoms with Gasteiger partial charge in [0.25, 0.3) is 0 Å². The Labute approximate surface area is 187 Å². The molecule has 1 fully saturated rings. The Balaban J connectivity index is 1.81. The van der Waals surface area contributed by atoms with Crippen molar-refractivity contribution in [2.24, 2.45) is 5.41 Å². The van der Waals surface area contributed by atoms with Gasteiger partial charge in [-0.3, -0.25) is 19.5 Å². The monoisotopic (exact) mass is 448 g/mol. The van der Waals surface area contributed by atoms with Crippen LogP contribution in [0.15, 0.2) is 24.4 Å². The van der Waals surface area contributed by atoms with E-state index < -0.39 is 11.5 Å². The third-order valence-electron chi connectivity index (χ3n) is 5.10. The van der Waals surface area contributed by atoms with Crippen molar-refractivity contribution in [3.63, 3.8) is 0 Å². The first-order valence-corrected chi connectivity index (χ1v) is 11.3. The van der Waals surface area contributed by atoms with Crippen molar-refractivity contribution in [2.75, 3.05) is 10.2 Å². The summed E-state index contributed by atoms with van der Waals surface area (Å²) in [5.74, 6) is -0.0983. The third-order valence-corrected chi connectivity index (χ3v) is 6.59. The molecule has 2 heterocycles. The van der Waals surface area contributed by atoms with E-state index in [0.717, 1.165) is 40.5 Å². The van der Waals surface area contributed by atoms with Gasteiger partial charge in [-0.15, -0.1) is 11.3 Å². The molecule has 0 aliphatic heterocycles. The number of aromatic nitrogens is 1. The van der Waals surface area contributed by atoms with Crippen molar-refractivity contribution in [1.82, 2.24) is 10.3 Å². The maximum atomic E-state index is 12.9. The maximum Gasteiger partial charge on any atom is 0.243 e. The minimum Gasteiger partial charge on any atom is -0.376 e. The second-order valence-electron chi connectivity index (χ2n) is 8.89. The number of hydrogen-bond acceptors (Lipinski definition) is 5. The molecule has 1 aliphatic rings. The highest BCUT2D eigenvalue weighted by atomic mass is 35.5. The van der Waals surface area contributed by atoms with Crippen LogP contribution < -0.4 is 15.5 Å². The molecule has 0 saturated heterocycles. The summed E-state index contributed by atoms with van der Waals surface area (Å²) in [6, 6.07) is 5.39. The molecule has 8 heteroatoms. The number of aryl methyl sites for hydroxylation is 1. The molecule has 1 saturated carbocycles. The lowest BCUT2D eigenvalue weighted by Crippen LogP contribution is -2.53. The molecule has 3 rings (SSSR count). The normalized spacial score (nSPS) is 15.9. The van der Waals surface area contributed by atoms with E-state index in [0.29, 0.717) is 5.02 Å². The summed E-state index contributed by atoms with van der Waals surface area (Å²) in [5, 5.41) is 7.81. The quantitative estimate of drug-likeness (QED) is 0.561. The average Bonchev–Trinajstić information content (AvgIpc) is 3.33. The van der Waals surface area contributed by atoms with Gasteiger partial charge in [-0.2, -0.15) is 0 Å². The van der Waals surface area contributed by atoms with E-state index in [1.165, 1.54) is 11.3 Å². The third kappa shape index (κ3) is 5.32. The van der Waals surface area contributed by atoms with Crippen LogP contribution in [0.3, 0.4) is 0 Å². The number of carbonyl (C=O) groups excluding carboxylic acids is 2. The van der Waals surface area contributed by atoms with Crippen LogP contribution in [0.1, 0.15) is 57.1 Å². The minimum atomic E-state index is -0.579. The lowest BCUT2D eigenvalue weighted by molar-refractivity contribution is -0.126. The second kappa shape index (κ2) is 8.94. The summed E-state index contributed by atoms with van der Waals surface area (Å²) in [6.45, 7) is 9.91. The molecule has 2 aromatic rings. The van der Waals surface area contributed by atoms with E-state index in [1.807, 2.05) is 52.8 Å². The first-order valence-electron chi connectivity index (χ1n) is 10.1. The van der Waals surface area contributed by atoms with E-state index in [4.69, 9.17) is 11.6 Å². The van der Waals surface area contributed by atoms with Crippen LogP contribution in [0.4, 0.5) is 10.7 Å². The first-order chi connectivity index (χ1) is 14.1. The van der Waals surface area contributed by atoms with Gasteiger partial charge in [-0.05, 0) is 50.3 Å². The predicted molar refractivity (Wildman–Crippen MR) is 123 cm³/mol. The molecule has 2 N–H and O–H groups in total. The maximum absolute atomic E-state index is 12.9. The lowest BCUT2D eigenvalue weighted by atomic mass is 9.85. The average molecular weight is 449 g/mol. The highest BCUT2D eigenvalue weighted by molar-refractivity contribution is 7.16. The first kappa shape index (κ1) is 22.6. The van der Waals surface area contributed by atoms with Gasteiger partial charge in [0.15, 0.2) is 0 Å². The molecule has 0 bridgehead atoms. The lowest BCUT2D eigenvalue weighted by Gasteiger charge is -2.36. The van der Waals surface area contributed by atoms with Crippen LogP contribution in [-0.4, -0.2) is 29.4 Å². The molecule has 0 radical (unpaired) electrons. The SMILES string of the molecule is Cc1ncc(Cl)cc1N[C@@H](C)c1ccc(N(C=O)[C@H](C(=O)NC2CC2)C(C)(C)C)s1. The van der Waals surface area contributed by atoms with E-state index >= 15 is 0 Å². The largest absolute Gasteiger partial charge is 0.376 e. The van der Waals surface area contributed by atoms with Gasteiger partial charge in [0.2, 0.25) is 12.3 Å². The van der Waals surface area contributed by atoms with Gasteiger partial charge in [0.05, 0.1) is 27.4 Å². The van der Waals surface area contributed by atoms with Gasteiger partial charge in [0, 0.05) is 17.1 Å². The fourth-order valence-corrected chi connectivity index (χ4v) is 4.52. The minimum absolute atomic E-state index is 0.00963. The van der Waals surface area contributed by atoms with Crippen LogP contribution in [-0.2, 0) is 9.59 Å². The van der Waals surface area contributed by atoms with Gasteiger partial charge >= 0.3 is 0 Å². The summed E-state index contributed by atoms with van der Waals surface area (Å²) in [5.41, 5.74) is 1.33. The molecule has 30 heavy (non-hydrogen) atoms. The number of hydrogen-bond donors (Lipinski definition) is 2. The Hall–Kier alpha value is -2.12. The van der Waals surface area contributed by atoms with Crippen molar-refractivity contribution in [1.29, 1.82) is 0 Å². The van der Waals surface area contributed by atoms with Gasteiger partial charge in [-0.1, -0.05) is 32.4 Å². The number of anilines is 2. The van der Waals surface area contributed by atoms with Gasteiger partial charge in [-0.25, -0.2) is 0 Å². The smallest absolute Gasteiger partial charge is 0.243 e. The number of carbonyl (C=O) groups is 2. The summed E-state index contributed by atoms with van der Waals surface area (Å²) in [4.78, 5) is 31.9. The van der Waals surface area contributed by atoms with Gasteiger partial charge in [0.1, 0.15) is 6.04 Å². The number of nitrogens with one attached hydrogen (secondary N) is 2. The second-order valence-corrected chi connectivity index (χ2v) is 10.4. The van der Waals surface area contributed by atoms with E-state index in [9.17, 15) is 9.59 Å². The Morgan fingerprint density at radius 2 is 2.07 bits per heavy atom. The van der Waals surface area contributed by atoms with E-state index in [1.54, 1.807) is 11.1 Å². The Morgan fingerprint density at radius 1 is 1.37 bits per heavy atom. The molecular formula is C22H29ClN4O2S. The summed E-state index contributed by atoms with van der Waals surface area (Å²) < 4.78 is 0. The molecular weight excluding hydrogens is 420 g/mol. The highest BCUT2D eigenvalue weighted by Crippen LogP contribution is 2.36. The number of pyridine rings is 1. The van der Waals surface area contributed by atoms with Crippen molar-refractivity contribution in [3.05, 3.63) is 40.0 Å². The highest BCUT2D eigenvalue weighted by Gasteiger charge is 2.39. The van der Waals surface area contributed by atoms with E-state index in [-0.39, 0.29) is 18.0 Å². The van der Waals surface area contributed by atoms with E-state index in [2.05, 4.69) is 15.6 Å². The fourth-order valence-electron chi connectivity index (χ4n) is 3.36. The van der Waals surface area contributed by atoms with Crippen LogP contribution in [0.2, 0.25) is 5.02 Å². The van der Waals surface area contributed by atoms with Crippen LogP contribution in [0.5, 0.6) is 0 Å². The standard InChI is InChI=1S/C22H29ClN4O2S/c1-13-17(10-15(23)11-24-13)25-14(2)18-8-9-19(30-18)27(12-28)20(22(3,4)5)21(29)26-16-6-7-16/h8-12,14,16,20,25H,6-7H2,1-5H3,(H,26,29)/t14-,20+/m0/s1. The number of amides is 2. The Bertz CT molecular complexity index is 920. The van der Waals surface area contributed by atoms with Crippen LogP contribution in [0, 0.1) is 12.3 Å². The predicted octanol–water partition coefficient (Wildman–Crippen LogP) is 4.93. The molecule has 0 aromatic carbocycles. The van der Waals surface area contributed by atoms with Crippen molar-refractivity contribution in [2.45, 2.75) is 65.6 Å². The summed E-state index contributed by atoms with van der Waals surface area (Å²) in [7, 11) is 0. The molecule has 2 amide bonds. The van der Waals surface area contributed by atoms with Crippen molar-refractivity contribution in [3.8, 4) is 0 Å². The fraction of sp³-hybridized carbons (Fsp3) is 0.500. The number of halogens is 1. The molecule has 2 aromatic heterocycles. The van der Waals surface area contributed by atoms with Crippen LogP contribution >= 0.6 is 22.9 Å². The zero-order chi connectivity index (χ0) is 22.1. The summed E-state index contributed by atoms with van der Waals surface area (Å²) in [6.07, 6.45) is 4.40. The molecule has 2 atom stereocenters. The number of nitrogens with zero attached hydrogens (tertiary/aromatic N) is 2. The number of rotatable bonds is 8. The number of thiophene rings is 1. The molecule has 1 aliphatic carbocycles. The Kier molecular flexibility index (Phi) is 6.72. The Morgan fingerprint density at radius 3 is 2.67 bits per heavy atom. The van der Waals surface area contributed by atoms with Crippen molar-refractivity contribution >= 4 is 45.9 Å². The van der Waals surface area contributed by atoms with Gasteiger partial charge < -0.3 is 10.6 Å². The van der Waals surface area contributed by atoms with Crippen molar-refractivity contribution < 1.29 is 9.59 Å². The molecule has 0 unspecified atom stereocenters. The summed E-state index contributed by atoms with van der Waals surface area (Å²) >= 11 is 7.57.